The first-order chi connectivity index (χ1) is 9.72. The summed E-state index contributed by atoms with van der Waals surface area (Å²) in [7, 11) is 1.76. The number of carbonyl (C=O) groups excluding carboxylic acids is 1. The van der Waals surface area contributed by atoms with Crippen LogP contribution in [-0.2, 0) is 7.05 Å². The predicted octanol–water partition coefficient (Wildman–Crippen LogP) is 1.25. The standard InChI is InChI=1S/C13H12N6O/c1-18-8-10(6-16-18)13(20)17-11-2-3-12(15-7-11)19-5-4-14-9-19/h2-9H,1H3,(H,17,20). The third kappa shape index (κ3) is 2.41. The number of hydrogen-bond donors (Lipinski definition) is 1. The van der Waals surface area contributed by atoms with Gasteiger partial charge in [-0.1, -0.05) is 0 Å². The molecule has 0 saturated carbocycles. The lowest BCUT2D eigenvalue weighted by atomic mass is 10.3. The second-order valence-corrected chi connectivity index (χ2v) is 4.23. The van der Waals surface area contributed by atoms with E-state index in [1.807, 2.05) is 0 Å². The Balaban J connectivity index is 1.74. The van der Waals surface area contributed by atoms with Crippen molar-refractivity contribution in [2.24, 2.45) is 7.05 Å². The van der Waals surface area contributed by atoms with E-state index in [9.17, 15) is 4.79 Å². The van der Waals surface area contributed by atoms with Crippen LogP contribution in [0.3, 0.4) is 0 Å². The number of pyridine rings is 1. The number of imidazole rings is 1. The number of aryl methyl sites for hydroxylation is 1. The highest BCUT2D eigenvalue weighted by molar-refractivity contribution is 6.03. The molecule has 0 aliphatic rings. The first kappa shape index (κ1) is 12.1. The van der Waals surface area contributed by atoms with Crippen molar-refractivity contribution >= 4 is 11.6 Å². The van der Waals surface area contributed by atoms with E-state index in [1.165, 1.54) is 6.20 Å². The van der Waals surface area contributed by atoms with E-state index in [4.69, 9.17) is 0 Å². The van der Waals surface area contributed by atoms with Gasteiger partial charge in [0.05, 0.1) is 23.6 Å². The van der Waals surface area contributed by atoms with Gasteiger partial charge in [0.15, 0.2) is 0 Å². The second kappa shape index (κ2) is 4.96. The SMILES string of the molecule is Cn1cc(C(=O)Nc2ccc(-n3ccnc3)nc2)cn1. The van der Waals surface area contributed by atoms with Gasteiger partial charge in [-0.15, -0.1) is 0 Å². The molecule has 0 aliphatic heterocycles. The number of hydrogen-bond acceptors (Lipinski definition) is 4. The van der Waals surface area contributed by atoms with Gasteiger partial charge < -0.3 is 5.32 Å². The van der Waals surface area contributed by atoms with E-state index in [0.717, 1.165) is 5.82 Å². The summed E-state index contributed by atoms with van der Waals surface area (Å²) in [4.78, 5) is 20.1. The van der Waals surface area contributed by atoms with E-state index in [-0.39, 0.29) is 5.91 Å². The monoisotopic (exact) mass is 268 g/mol. The van der Waals surface area contributed by atoms with E-state index < -0.39 is 0 Å². The van der Waals surface area contributed by atoms with Crippen LogP contribution in [0.4, 0.5) is 5.69 Å². The van der Waals surface area contributed by atoms with Crippen molar-refractivity contribution in [3.63, 3.8) is 0 Å². The van der Waals surface area contributed by atoms with Gasteiger partial charge in [-0.25, -0.2) is 9.97 Å². The molecule has 100 valence electrons. The highest BCUT2D eigenvalue weighted by Gasteiger charge is 2.08. The Morgan fingerprint density at radius 2 is 2.20 bits per heavy atom. The van der Waals surface area contributed by atoms with Crippen LogP contribution in [0.1, 0.15) is 10.4 Å². The Morgan fingerprint density at radius 3 is 2.80 bits per heavy atom. The molecule has 20 heavy (non-hydrogen) atoms. The quantitative estimate of drug-likeness (QED) is 0.775. The molecule has 1 N–H and O–H groups in total. The molecule has 0 fully saturated rings. The van der Waals surface area contributed by atoms with E-state index in [1.54, 1.807) is 59.5 Å². The van der Waals surface area contributed by atoms with Gasteiger partial charge in [0.1, 0.15) is 12.1 Å². The highest BCUT2D eigenvalue weighted by atomic mass is 16.1. The van der Waals surface area contributed by atoms with Gasteiger partial charge in [-0.2, -0.15) is 5.10 Å². The molecule has 3 heterocycles. The molecular formula is C13H12N6O. The summed E-state index contributed by atoms with van der Waals surface area (Å²) in [5, 5.41) is 6.72. The first-order valence-electron chi connectivity index (χ1n) is 5.97. The van der Waals surface area contributed by atoms with Gasteiger partial charge in [0, 0.05) is 25.6 Å². The van der Waals surface area contributed by atoms with E-state index in [2.05, 4.69) is 20.4 Å². The Hall–Kier alpha value is -2.96. The lowest BCUT2D eigenvalue weighted by Gasteiger charge is -2.05. The molecule has 7 heteroatoms. The fourth-order valence-electron chi connectivity index (χ4n) is 1.75. The van der Waals surface area contributed by atoms with Crippen LogP contribution < -0.4 is 5.32 Å². The molecule has 3 aromatic rings. The molecule has 0 saturated heterocycles. The molecule has 0 bridgehead atoms. The Morgan fingerprint density at radius 1 is 1.30 bits per heavy atom. The second-order valence-electron chi connectivity index (χ2n) is 4.23. The average Bonchev–Trinajstić information content (AvgIpc) is 3.10. The van der Waals surface area contributed by atoms with Crippen molar-refractivity contribution in [1.29, 1.82) is 0 Å². The number of anilines is 1. The van der Waals surface area contributed by atoms with E-state index in [0.29, 0.717) is 11.3 Å². The molecule has 0 aliphatic carbocycles. The number of aromatic nitrogens is 5. The van der Waals surface area contributed by atoms with Gasteiger partial charge in [-0.3, -0.25) is 14.0 Å². The van der Waals surface area contributed by atoms with Crippen LogP contribution in [-0.4, -0.2) is 30.2 Å². The van der Waals surface area contributed by atoms with Crippen LogP contribution in [0.5, 0.6) is 0 Å². The fraction of sp³-hybridized carbons (Fsp3) is 0.0769. The average molecular weight is 268 g/mol. The smallest absolute Gasteiger partial charge is 0.258 e. The zero-order chi connectivity index (χ0) is 13.9. The van der Waals surface area contributed by atoms with Gasteiger partial charge in [-0.05, 0) is 12.1 Å². The Labute approximate surface area is 114 Å². The first-order valence-corrected chi connectivity index (χ1v) is 5.97. The molecule has 3 rings (SSSR count). The van der Waals surface area contributed by atoms with Crippen molar-refractivity contribution in [2.75, 3.05) is 5.32 Å². The third-order valence-corrected chi connectivity index (χ3v) is 2.74. The lowest BCUT2D eigenvalue weighted by molar-refractivity contribution is 0.102. The minimum absolute atomic E-state index is 0.213. The third-order valence-electron chi connectivity index (χ3n) is 2.74. The largest absolute Gasteiger partial charge is 0.320 e. The fourth-order valence-corrected chi connectivity index (χ4v) is 1.75. The zero-order valence-electron chi connectivity index (χ0n) is 10.8. The summed E-state index contributed by atoms with van der Waals surface area (Å²) in [5.41, 5.74) is 1.13. The summed E-state index contributed by atoms with van der Waals surface area (Å²) < 4.78 is 3.36. The molecular weight excluding hydrogens is 256 g/mol. The zero-order valence-corrected chi connectivity index (χ0v) is 10.8. The number of carbonyl (C=O) groups is 1. The highest BCUT2D eigenvalue weighted by Crippen LogP contribution is 2.11. The Bertz CT molecular complexity index is 714. The van der Waals surface area contributed by atoms with Crippen LogP contribution >= 0.6 is 0 Å². The van der Waals surface area contributed by atoms with Crippen molar-refractivity contribution in [3.8, 4) is 5.82 Å². The summed E-state index contributed by atoms with van der Waals surface area (Å²) in [5.74, 6) is 0.525. The number of amides is 1. The summed E-state index contributed by atoms with van der Waals surface area (Å²) >= 11 is 0. The molecule has 7 nitrogen and oxygen atoms in total. The topological polar surface area (TPSA) is 77.6 Å². The molecule has 0 aromatic carbocycles. The molecule has 0 unspecified atom stereocenters. The number of rotatable bonds is 3. The maximum absolute atomic E-state index is 11.9. The molecule has 3 aromatic heterocycles. The number of nitrogens with zero attached hydrogens (tertiary/aromatic N) is 5. The van der Waals surface area contributed by atoms with Crippen LogP contribution in [0.2, 0.25) is 0 Å². The van der Waals surface area contributed by atoms with Gasteiger partial charge >= 0.3 is 0 Å². The van der Waals surface area contributed by atoms with Crippen LogP contribution in [0, 0.1) is 0 Å². The molecule has 0 spiro atoms. The van der Waals surface area contributed by atoms with Crippen molar-refractivity contribution < 1.29 is 4.79 Å². The van der Waals surface area contributed by atoms with Crippen molar-refractivity contribution in [1.82, 2.24) is 24.3 Å². The van der Waals surface area contributed by atoms with Crippen molar-refractivity contribution in [2.45, 2.75) is 0 Å². The molecule has 0 atom stereocenters. The molecule has 0 radical (unpaired) electrons. The summed E-state index contributed by atoms with van der Waals surface area (Å²) in [6, 6.07) is 3.59. The lowest BCUT2D eigenvalue weighted by Crippen LogP contribution is -2.11. The summed E-state index contributed by atoms with van der Waals surface area (Å²) in [6.07, 6.45) is 9.92. The molecule has 1 amide bonds. The Kier molecular flexibility index (Phi) is 3.00. The van der Waals surface area contributed by atoms with Gasteiger partial charge in [0.2, 0.25) is 0 Å². The predicted molar refractivity (Wildman–Crippen MR) is 72.5 cm³/mol. The van der Waals surface area contributed by atoms with Crippen LogP contribution in [0.15, 0.2) is 49.4 Å². The maximum Gasteiger partial charge on any atom is 0.258 e. The maximum atomic E-state index is 11.9. The normalized spacial score (nSPS) is 10.4. The minimum atomic E-state index is -0.213. The van der Waals surface area contributed by atoms with Crippen LogP contribution in [0.25, 0.3) is 5.82 Å². The van der Waals surface area contributed by atoms with Crippen molar-refractivity contribution in [3.05, 3.63) is 55.0 Å². The summed E-state index contributed by atoms with van der Waals surface area (Å²) in [6.45, 7) is 0. The van der Waals surface area contributed by atoms with E-state index >= 15 is 0 Å². The minimum Gasteiger partial charge on any atom is -0.320 e. The van der Waals surface area contributed by atoms with Gasteiger partial charge in [0.25, 0.3) is 5.91 Å². The number of nitrogens with one attached hydrogen (secondary N) is 1.